The maximum Gasteiger partial charge on any atom is 0.240 e. The van der Waals surface area contributed by atoms with E-state index < -0.39 is 10.0 Å². The van der Waals surface area contributed by atoms with E-state index in [4.69, 9.17) is 16.3 Å². The lowest BCUT2D eigenvalue weighted by Crippen LogP contribution is -2.34. The maximum atomic E-state index is 12.6. The average molecular weight is 383 g/mol. The Balaban J connectivity index is 2.18. The molecule has 0 aliphatic carbocycles. The Kier molecular flexibility index (Phi) is 6.46. The molecule has 0 heterocycles. The number of sulfonamides is 1. The highest BCUT2D eigenvalue weighted by Gasteiger charge is 2.20. The van der Waals surface area contributed by atoms with Gasteiger partial charge in [0.1, 0.15) is 5.75 Å². The fraction of sp³-hybridized carbons (Fsp3) is 0.333. The molecule has 1 N–H and O–H groups in total. The topological polar surface area (TPSA) is 58.6 Å². The van der Waals surface area contributed by atoms with Crippen LogP contribution in [-0.4, -0.2) is 41.1 Å². The second kappa shape index (κ2) is 8.19. The molecule has 0 fully saturated rings. The number of nitrogens with zero attached hydrogens (tertiary/aromatic N) is 1. The number of hydrogen-bond acceptors (Lipinski definition) is 4. The first-order valence-corrected chi connectivity index (χ1v) is 9.67. The van der Waals surface area contributed by atoms with Gasteiger partial charge in [-0.2, -0.15) is 0 Å². The lowest BCUT2D eigenvalue weighted by atomic mass is 10.0. The van der Waals surface area contributed by atoms with Gasteiger partial charge in [0, 0.05) is 12.6 Å². The van der Waals surface area contributed by atoms with Gasteiger partial charge in [-0.3, -0.25) is 0 Å². The molecule has 136 valence electrons. The SMILES string of the molecule is COc1ccc(S(=O)(=O)NCC(c2ccc(C)cc2)N(C)C)cc1Cl. The van der Waals surface area contributed by atoms with E-state index in [0.29, 0.717) is 5.75 Å². The van der Waals surface area contributed by atoms with Crippen LogP contribution in [0.15, 0.2) is 47.4 Å². The van der Waals surface area contributed by atoms with Crippen molar-refractivity contribution in [2.75, 3.05) is 27.7 Å². The zero-order chi connectivity index (χ0) is 18.6. The third kappa shape index (κ3) is 4.95. The average Bonchev–Trinajstić information content (AvgIpc) is 2.56. The summed E-state index contributed by atoms with van der Waals surface area (Å²) in [5, 5.41) is 0.257. The molecule has 0 bridgehead atoms. The van der Waals surface area contributed by atoms with Gasteiger partial charge >= 0.3 is 0 Å². The van der Waals surface area contributed by atoms with Gasteiger partial charge in [0.25, 0.3) is 0 Å². The van der Waals surface area contributed by atoms with Crippen LogP contribution in [0.4, 0.5) is 0 Å². The van der Waals surface area contributed by atoms with Gasteiger partial charge < -0.3 is 9.64 Å². The molecule has 5 nitrogen and oxygen atoms in total. The minimum Gasteiger partial charge on any atom is -0.495 e. The number of ether oxygens (including phenoxy) is 1. The minimum atomic E-state index is -3.67. The van der Waals surface area contributed by atoms with Crippen LogP contribution >= 0.6 is 11.6 Å². The van der Waals surface area contributed by atoms with Gasteiger partial charge in [0.05, 0.1) is 17.0 Å². The number of likely N-dealkylation sites (N-methyl/N-ethyl adjacent to an activating group) is 1. The number of hydrogen-bond donors (Lipinski definition) is 1. The summed E-state index contributed by atoms with van der Waals surface area (Å²) in [6.45, 7) is 2.27. The predicted octanol–water partition coefficient (Wildman–Crippen LogP) is 3.24. The Hall–Kier alpha value is -1.60. The molecule has 0 radical (unpaired) electrons. The van der Waals surface area contributed by atoms with Crippen molar-refractivity contribution in [1.29, 1.82) is 0 Å². The van der Waals surface area contributed by atoms with Crippen molar-refractivity contribution in [1.82, 2.24) is 9.62 Å². The third-order valence-corrected chi connectivity index (χ3v) is 5.70. The van der Waals surface area contributed by atoms with Crippen LogP contribution in [0.3, 0.4) is 0 Å². The van der Waals surface area contributed by atoms with E-state index in [2.05, 4.69) is 4.72 Å². The Morgan fingerprint density at radius 2 is 1.80 bits per heavy atom. The molecule has 2 aromatic carbocycles. The molecule has 0 spiro atoms. The second-order valence-electron chi connectivity index (χ2n) is 6.04. The summed E-state index contributed by atoms with van der Waals surface area (Å²) in [5.74, 6) is 0.437. The zero-order valence-corrected chi connectivity index (χ0v) is 16.4. The van der Waals surface area contributed by atoms with E-state index in [1.54, 1.807) is 6.07 Å². The highest BCUT2D eigenvalue weighted by Crippen LogP contribution is 2.27. The number of aryl methyl sites for hydroxylation is 1. The minimum absolute atomic E-state index is 0.0795. The van der Waals surface area contributed by atoms with Gasteiger partial charge in [0.15, 0.2) is 0 Å². The Morgan fingerprint density at radius 3 is 2.32 bits per heavy atom. The second-order valence-corrected chi connectivity index (χ2v) is 8.21. The van der Waals surface area contributed by atoms with Crippen molar-refractivity contribution < 1.29 is 13.2 Å². The van der Waals surface area contributed by atoms with Crippen LogP contribution in [0.5, 0.6) is 5.75 Å². The summed E-state index contributed by atoms with van der Waals surface area (Å²) in [7, 11) is 1.65. The van der Waals surface area contributed by atoms with Crippen molar-refractivity contribution in [3.05, 3.63) is 58.6 Å². The molecule has 1 unspecified atom stereocenters. The number of rotatable bonds is 7. The van der Waals surface area contributed by atoms with Crippen molar-refractivity contribution >= 4 is 21.6 Å². The molecule has 0 aromatic heterocycles. The molecule has 2 aromatic rings. The fourth-order valence-corrected chi connectivity index (χ4v) is 3.86. The lowest BCUT2D eigenvalue weighted by molar-refractivity contribution is 0.299. The molecule has 0 aliphatic rings. The summed E-state index contributed by atoms with van der Waals surface area (Å²) in [6, 6.07) is 12.4. The first-order valence-electron chi connectivity index (χ1n) is 7.81. The van der Waals surface area contributed by atoms with E-state index in [0.717, 1.165) is 11.1 Å². The number of halogens is 1. The number of nitrogens with one attached hydrogen (secondary N) is 1. The molecule has 25 heavy (non-hydrogen) atoms. The molecule has 1 atom stereocenters. The van der Waals surface area contributed by atoms with Crippen LogP contribution in [-0.2, 0) is 10.0 Å². The first-order chi connectivity index (χ1) is 11.7. The van der Waals surface area contributed by atoms with Crippen LogP contribution in [0, 0.1) is 6.92 Å². The summed E-state index contributed by atoms with van der Waals surface area (Å²) in [6.07, 6.45) is 0. The quantitative estimate of drug-likeness (QED) is 0.798. The summed E-state index contributed by atoms with van der Waals surface area (Å²) in [4.78, 5) is 2.09. The Bertz CT molecular complexity index is 821. The highest BCUT2D eigenvalue weighted by molar-refractivity contribution is 7.89. The van der Waals surface area contributed by atoms with E-state index >= 15 is 0 Å². The summed E-state index contributed by atoms with van der Waals surface area (Å²) >= 11 is 6.03. The zero-order valence-electron chi connectivity index (χ0n) is 14.8. The maximum absolute atomic E-state index is 12.6. The Morgan fingerprint density at radius 1 is 1.16 bits per heavy atom. The van der Waals surface area contributed by atoms with Crippen molar-refractivity contribution in [3.8, 4) is 5.75 Å². The van der Waals surface area contributed by atoms with Gasteiger partial charge in [-0.15, -0.1) is 0 Å². The largest absolute Gasteiger partial charge is 0.495 e. The number of benzene rings is 2. The van der Waals surface area contributed by atoms with Crippen LogP contribution in [0.2, 0.25) is 5.02 Å². The van der Waals surface area contributed by atoms with Gasteiger partial charge in [-0.1, -0.05) is 41.4 Å². The van der Waals surface area contributed by atoms with Crippen LogP contribution in [0.25, 0.3) is 0 Å². The molecule has 0 saturated carbocycles. The van der Waals surface area contributed by atoms with E-state index in [-0.39, 0.29) is 22.5 Å². The van der Waals surface area contributed by atoms with Gasteiger partial charge in [0.2, 0.25) is 10.0 Å². The molecule has 0 amide bonds. The van der Waals surface area contributed by atoms with Gasteiger partial charge in [-0.05, 0) is 44.8 Å². The smallest absolute Gasteiger partial charge is 0.240 e. The Labute approximate surface area is 154 Å². The molecule has 2 rings (SSSR count). The molecule has 0 aliphatic heterocycles. The van der Waals surface area contributed by atoms with Crippen molar-refractivity contribution in [3.63, 3.8) is 0 Å². The monoisotopic (exact) mass is 382 g/mol. The summed E-state index contributed by atoms with van der Waals surface area (Å²) < 4.78 is 32.9. The van der Waals surface area contributed by atoms with E-state index in [1.165, 1.54) is 19.2 Å². The van der Waals surface area contributed by atoms with Gasteiger partial charge in [-0.25, -0.2) is 13.1 Å². The van der Waals surface area contributed by atoms with Crippen molar-refractivity contribution in [2.45, 2.75) is 17.9 Å². The molecular formula is C18H23ClN2O3S. The molecule has 0 saturated heterocycles. The first kappa shape index (κ1) is 19.7. The standard InChI is InChI=1S/C18H23ClN2O3S/c1-13-5-7-14(8-6-13)17(21(2)3)12-20-25(22,23)15-9-10-18(24-4)16(19)11-15/h5-11,17,20H,12H2,1-4H3. The third-order valence-electron chi connectivity index (χ3n) is 3.99. The molecular weight excluding hydrogens is 360 g/mol. The van der Waals surface area contributed by atoms with Crippen LogP contribution in [0.1, 0.15) is 17.2 Å². The lowest BCUT2D eigenvalue weighted by Gasteiger charge is -2.25. The van der Waals surface area contributed by atoms with E-state index in [1.807, 2.05) is 50.2 Å². The molecule has 7 heteroatoms. The predicted molar refractivity (Wildman–Crippen MR) is 101 cm³/mol. The highest BCUT2D eigenvalue weighted by atomic mass is 35.5. The van der Waals surface area contributed by atoms with Crippen LogP contribution < -0.4 is 9.46 Å². The van der Waals surface area contributed by atoms with E-state index in [9.17, 15) is 8.42 Å². The normalized spacial score (nSPS) is 13.0. The number of methoxy groups -OCH3 is 1. The summed E-state index contributed by atoms with van der Waals surface area (Å²) in [5.41, 5.74) is 2.21. The van der Waals surface area contributed by atoms with Crippen molar-refractivity contribution in [2.24, 2.45) is 0 Å². The fourth-order valence-electron chi connectivity index (χ4n) is 2.47.